The van der Waals surface area contributed by atoms with Crippen molar-refractivity contribution in [2.24, 2.45) is 0 Å². The summed E-state index contributed by atoms with van der Waals surface area (Å²) >= 11 is 0. The van der Waals surface area contributed by atoms with Crippen LogP contribution in [0.5, 0.6) is 11.5 Å². The minimum atomic E-state index is -0.168. The predicted molar refractivity (Wildman–Crippen MR) is 104 cm³/mol. The van der Waals surface area contributed by atoms with E-state index in [0.717, 1.165) is 18.6 Å². The average Bonchev–Trinajstić information content (AvgIpc) is 2.65. The average molecular weight is 354 g/mol. The van der Waals surface area contributed by atoms with Crippen LogP contribution in [0.4, 0.5) is 5.69 Å². The van der Waals surface area contributed by atoms with E-state index < -0.39 is 0 Å². The Morgan fingerprint density at radius 1 is 0.962 bits per heavy atom. The summed E-state index contributed by atoms with van der Waals surface area (Å²) < 4.78 is 5.76. The van der Waals surface area contributed by atoms with Crippen LogP contribution >= 0.6 is 0 Å². The van der Waals surface area contributed by atoms with Crippen molar-refractivity contribution in [3.05, 3.63) is 54.6 Å². The highest BCUT2D eigenvalue weighted by atomic mass is 16.5. The minimum Gasteiger partial charge on any atom is -0.457 e. The molecule has 0 aliphatic heterocycles. The molecule has 26 heavy (non-hydrogen) atoms. The van der Waals surface area contributed by atoms with Gasteiger partial charge >= 0.3 is 0 Å². The molecule has 5 nitrogen and oxygen atoms in total. The molecule has 0 aliphatic carbocycles. The van der Waals surface area contributed by atoms with Crippen LogP contribution in [-0.2, 0) is 9.59 Å². The summed E-state index contributed by atoms with van der Waals surface area (Å²) in [5.74, 6) is 1.18. The molecule has 0 spiro atoms. The van der Waals surface area contributed by atoms with Gasteiger partial charge in [-0.1, -0.05) is 31.5 Å². The zero-order chi connectivity index (χ0) is 18.9. The van der Waals surface area contributed by atoms with Crippen LogP contribution in [0.25, 0.3) is 0 Å². The highest BCUT2D eigenvalue weighted by Crippen LogP contribution is 2.24. The molecular weight excluding hydrogens is 328 g/mol. The maximum Gasteiger partial charge on any atom is 0.242 e. The van der Waals surface area contributed by atoms with Crippen LogP contribution in [0.15, 0.2) is 54.6 Å². The number of amides is 2. The molecule has 0 heterocycles. The molecule has 0 unspecified atom stereocenters. The summed E-state index contributed by atoms with van der Waals surface area (Å²) in [6.07, 6.45) is 1.98. The Bertz CT molecular complexity index is 714. The smallest absolute Gasteiger partial charge is 0.242 e. The van der Waals surface area contributed by atoms with Gasteiger partial charge in [0.1, 0.15) is 18.0 Å². The molecule has 2 amide bonds. The Balaban J connectivity index is 2.05. The van der Waals surface area contributed by atoms with Gasteiger partial charge in [0.2, 0.25) is 11.8 Å². The first kappa shape index (κ1) is 19.5. The number of hydrogen-bond donors (Lipinski definition) is 0. The standard InChI is InChI=1S/C21H26N2O3/c1-4-5-15-22(3)21(25)16-23(17(2)24)18-11-13-20(14-12-18)26-19-9-7-6-8-10-19/h6-14H,4-5,15-16H2,1-3H3. The molecule has 2 aromatic rings. The monoisotopic (exact) mass is 354 g/mol. The van der Waals surface area contributed by atoms with Crippen molar-refractivity contribution in [1.29, 1.82) is 0 Å². The van der Waals surface area contributed by atoms with E-state index in [2.05, 4.69) is 6.92 Å². The van der Waals surface area contributed by atoms with Crippen molar-refractivity contribution < 1.29 is 14.3 Å². The second-order valence-corrected chi connectivity index (χ2v) is 6.18. The second kappa shape index (κ2) is 9.61. The molecule has 0 radical (unpaired) electrons. The Hall–Kier alpha value is -2.82. The quantitative estimate of drug-likeness (QED) is 0.717. The fraction of sp³-hybridized carbons (Fsp3) is 0.333. The van der Waals surface area contributed by atoms with Gasteiger partial charge in [0, 0.05) is 26.2 Å². The van der Waals surface area contributed by atoms with Gasteiger partial charge in [0.15, 0.2) is 0 Å². The van der Waals surface area contributed by atoms with Crippen molar-refractivity contribution in [2.75, 3.05) is 25.0 Å². The van der Waals surface area contributed by atoms with E-state index >= 15 is 0 Å². The van der Waals surface area contributed by atoms with Gasteiger partial charge in [-0.25, -0.2) is 0 Å². The molecule has 2 aromatic carbocycles. The van der Waals surface area contributed by atoms with Crippen LogP contribution in [0.3, 0.4) is 0 Å². The number of carbonyl (C=O) groups is 2. The highest BCUT2D eigenvalue weighted by Gasteiger charge is 2.18. The lowest BCUT2D eigenvalue weighted by Gasteiger charge is -2.24. The Morgan fingerprint density at radius 2 is 1.58 bits per heavy atom. The topological polar surface area (TPSA) is 49.9 Å². The Morgan fingerprint density at radius 3 is 2.15 bits per heavy atom. The lowest BCUT2D eigenvalue weighted by molar-refractivity contribution is -0.130. The summed E-state index contributed by atoms with van der Waals surface area (Å²) in [5.41, 5.74) is 0.676. The zero-order valence-corrected chi connectivity index (χ0v) is 15.6. The molecule has 138 valence electrons. The fourth-order valence-electron chi connectivity index (χ4n) is 2.48. The van der Waals surface area contributed by atoms with E-state index in [4.69, 9.17) is 4.74 Å². The summed E-state index contributed by atoms with van der Waals surface area (Å²) in [6, 6.07) is 16.7. The minimum absolute atomic E-state index is 0.0361. The molecule has 0 N–H and O–H groups in total. The molecule has 0 saturated carbocycles. The number of unbranched alkanes of at least 4 members (excludes halogenated alkanes) is 1. The van der Waals surface area contributed by atoms with E-state index in [0.29, 0.717) is 18.0 Å². The second-order valence-electron chi connectivity index (χ2n) is 6.18. The van der Waals surface area contributed by atoms with Gasteiger partial charge in [-0.2, -0.15) is 0 Å². The third-order valence-corrected chi connectivity index (χ3v) is 4.07. The van der Waals surface area contributed by atoms with E-state index in [1.54, 1.807) is 36.2 Å². The van der Waals surface area contributed by atoms with Crippen LogP contribution in [0.1, 0.15) is 26.7 Å². The van der Waals surface area contributed by atoms with Crippen LogP contribution < -0.4 is 9.64 Å². The first-order valence-electron chi connectivity index (χ1n) is 8.86. The lowest BCUT2D eigenvalue weighted by atomic mass is 10.2. The molecule has 0 aromatic heterocycles. The first-order valence-corrected chi connectivity index (χ1v) is 8.86. The van der Waals surface area contributed by atoms with Gasteiger partial charge in [-0.3, -0.25) is 9.59 Å². The molecule has 0 aliphatic rings. The summed E-state index contributed by atoms with van der Waals surface area (Å²) in [6.45, 7) is 4.28. The molecule has 0 bridgehead atoms. The van der Waals surface area contributed by atoms with Crippen molar-refractivity contribution in [1.82, 2.24) is 4.90 Å². The van der Waals surface area contributed by atoms with Crippen molar-refractivity contribution in [2.45, 2.75) is 26.7 Å². The molecule has 0 fully saturated rings. The molecular formula is C21H26N2O3. The Kier molecular flexibility index (Phi) is 7.21. The number of para-hydroxylation sites is 1. The lowest BCUT2D eigenvalue weighted by Crippen LogP contribution is -2.41. The molecule has 2 rings (SSSR count). The normalized spacial score (nSPS) is 10.3. The van der Waals surface area contributed by atoms with E-state index in [1.807, 2.05) is 30.3 Å². The van der Waals surface area contributed by atoms with E-state index in [9.17, 15) is 9.59 Å². The van der Waals surface area contributed by atoms with Crippen LogP contribution in [0.2, 0.25) is 0 Å². The summed E-state index contributed by atoms with van der Waals surface area (Å²) in [5, 5.41) is 0. The van der Waals surface area contributed by atoms with Crippen LogP contribution in [0, 0.1) is 0 Å². The van der Waals surface area contributed by atoms with E-state index in [-0.39, 0.29) is 18.4 Å². The molecule has 0 atom stereocenters. The van der Waals surface area contributed by atoms with Gasteiger partial charge in [-0.05, 0) is 42.8 Å². The number of nitrogens with zero attached hydrogens (tertiary/aromatic N) is 2. The predicted octanol–water partition coefficient (Wildman–Crippen LogP) is 4.09. The third kappa shape index (κ3) is 5.62. The maximum atomic E-state index is 12.4. The van der Waals surface area contributed by atoms with Crippen molar-refractivity contribution >= 4 is 17.5 Å². The van der Waals surface area contributed by atoms with Crippen molar-refractivity contribution in [3.63, 3.8) is 0 Å². The number of hydrogen-bond acceptors (Lipinski definition) is 3. The summed E-state index contributed by atoms with van der Waals surface area (Å²) in [4.78, 5) is 27.5. The fourth-order valence-corrected chi connectivity index (χ4v) is 2.48. The Labute approximate surface area is 155 Å². The number of benzene rings is 2. The number of likely N-dealkylation sites (N-methyl/N-ethyl adjacent to an activating group) is 1. The molecule has 0 saturated heterocycles. The van der Waals surface area contributed by atoms with Crippen LogP contribution in [-0.4, -0.2) is 36.9 Å². The van der Waals surface area contributed by atoms with Gasteiger partial charge < -0.3 is 14.5 Å². The number of rotatable bonds is 8. The third-order valence-electron chi connectivity index (χ3n) is 4.07. The van der Waals surface area contributed by atoms with Gasteiger partial charge in [0.05, 0.1) is 0 Å². The van der Waals surface area contributed by atoms with E-state index in [1.165, 1.54) is 11.8 Å². The number of ether oxygens (including phenoxy) is 1. The van der Waals surface area contributed by atoms with Gasteiger partial charge in [0.25, 0.3) is 0 Å². The van der Waals surface area contributed by atoms with Gasteiger partial charge in [-0.15, -0.1) is 0 Å². The zero-order valence-electron chi connectivity index (χ0n) is 15.6. The first-order chi connectivity index (χ1) is 12.5. The number of anilines is 1. The summed E-state index contributed by atoms with van der Waals surface area (Å²) in [7, 11) is 1.77. The highest BCUT2D eigenvalue weighted by molar-refractivity contribution is 5.97. The molecule has 5 heteroatoms. The van der Waals surface area contributed by atoms with Crippen molar-refractivity contribution in [3.8, 4) is 11.5 Å². The number of carbonyl (C=O) groups excluding carboxylic acids is 2. The SMILES string of the molecule is CCCCN(C)C(=O)CN(C(C)=O)c1ccc(Oc2ccccc2)cc1. The maximum absolute atomic E-state index is 12.4. The largest absolute Gasteiger partial charge is 0.457 e.